The summed E-state index contributed by atoms with van der Waals surface area (Å²) in [6, 6.07) is 9.86. The van der Waals surface area contributed by atoms with E-state index in [1.165, 1.54) is 23.7 Å². The van der Waals surface area contributed by atoms with Gasteiger partial charge in [-0.15, -0.1) is 0 Å². The Morgan fingerprint density at radius 2 is 2.00 bits per heavy atom. The second-order valence-corrected chi connectivity index (χ2v) is 6.38. The summed E-state index contributed by atoms with van der Waals surface area (Å²) in [6.07, 6.45) is 4.07. The number of carbonyl (C=O) groups excluding carboxylic acids is 2. The lowest BCUT2D eigenvalue weighted by molar-refractivity contribution is -0.132. The molecule has 6 nitrogen and oxygen atoms in total. The predicted molar refractivity (Wildman–Crippen MR) is 96.7 cm³/mol. The molecule has 26 heavy (non-hydrogen) atoms. The zero-order chi connectivity index (χ0) is 18.4. The van der Waals surface area contributed by atoms with Crippen LogP contribution in [0.15, 0.2) is 47.3 Å². The fraction of sp³-hybridized carbons (Fsp3) is 0.400. The third kappa shape index (κ3) is 4.32. The van der Waals surface area contributed by atoms with Crippen LogP contribution in [0.5, 0.6) is 0 Å². The van der Waals surface area contributed by atoms with E-state index in [9.17, 15) is 9.59 Å². The van der Waals surface area contributed by atoms with Crippen LogP contribution in [-0.2, 0) is 22.5 Å². The van der Waals surface area contributed by atoms with Crippen LogP contribution in [0.4, 0.5) is 0 Å². The van der Waals surface area contributed by atoms with Crippen LogP contribution < -0.4 is 0 Å². The van der Waals surface area contributed by atoms with Gasteiger partial charge >= 0.3 is 0 Å². The minimum absolute atomic E-state index is 0.0712. The summed E-state index contributed by atoms with van der Waals surface area (Å²) in [7, 11) is 1.59. The average molecular weight is 356 g/mol. The van der Waals surface area contributed by atoms with Crippen LogP contribution in [0.1, 0.15) is 27.9 Å². The maximum atomic E-state index is 12.6. The molecule has 6 heteroatoms. The maximum Gasteiger partial charge on any atom is 0.257 e. The van der Waals surface area contributed by atoms with Gasteiger partial charge in [-0.25, -0.2) is 0 Å². The summed E-state index contributed by atoms with van der Waals surface area (Å²) in [6.45, 7) is 2.60. The Labute approximate surface area is 153 Å². The molecule has 2 amide bonds. The summed E-state index contributed by atoms with van der Waals surface area (Å²) in [5, 5.41) is 0. The minimum atomic E-state index is -0.146. The number of ether oxygens (including phenoxy) is 1. The molecule has 0 fully saturated rings. The number of fused-ring (bicyclic) bond motifs is 1. The fourth-order valence-electron chi connectivity index (χ4n) is 3.18. The van der Waals surface area contributed by atoms with Gasteiger partial charge in [-0.3, -0.25) is 9.59 Å². The van der Waals surface area contributed by atoms with Crippen molar-refractivity contribution in [1.29, 1.82) is 0 Å². The van der Waals surface area contributed by atoms with Crippen LogP contribution >= 0.6 is 0 Å². The zero-order valence-electron chi connectivity index (χ0n) is 15.0. The van der Waals surface area contributed by atoms with Crippen molar-refractivity contribution in [2.45, 2.75) is 19.4 Å². The maximum absolute atomic E-state index is 12.6. The molecule has 1 aliphatic heterocycles. The highest BCUT2D eigenvalue weighted by Gasteiger charge is 2.22. The molecule has 3 rings (SSSR count). The monoisotopic (exact) mass is 356 g/mol. The number of amides is 2. The van der Waals surface area contributed by atoms with Gasteiger partial charge in [-0.2, -0.15) is 0 Å². The van der Waals surface area contributed by atoms with Gasteiger partial charge in [0.2, 0.25) is 5.91 Å². The van der Waals surface area contributed by atoms with Crippen molar-refractivity contribution < 1.29 is 18.7 Å². The molecule has 0 unspecified atom stereocenters. The van der Waals surface area contributed by atoms with Crippen LogP contribution in [0.25, 0.3) is 0 Å². The van der Waals surface area contributed by atoms with Crippen molar-refractivity contribution in [3.05, 3.63) is 59.5 Å². The molecule has 1 aromatic carbocycles. The van der Waals surface area contributed by atoms with E-state index in [0.29, 0.717) is 38.2 Å². The number of rotatable bonds is 7. The Morgan fingerprint density at radius 1 is 1.19 bits per heavy atom. The van der Waals surface area contributed by atoms with E-state index in [4.69, 9.17) is 9.15 Å². The SMILES string of the molecule is COCCN(CCC(=O)N1CCc2ccccc2C1)C(=O)c1ccoc1. The molecular formula is C20H24N2O4. The summed E-state index contributed by atoms with van der Waals surface area (Å²) in [5.74, 6) is -0.0745. The van der Waals surface area contributed by atoms with Gasteiger partial charge < -0.3 is 19.0 Å². The van der Waals surface area contributed by atoms with E-state index in [1.807, 2.05) is 17.0 Å². The molecule has 0 saturated carbocycles. The first-order chi connectivity index (χ1) is 12.7. The van der Waals surface area contributed by atoms with Crippen LogP contribution in [0, 0.1) is 0 Å². The highest BCUT2D eigenvalue weighted by molar-refractivity contribution is 5.94. The van der Waals surface area contributed by atoms with Crippen LogP contribution in [0.3, 0.4) is 0 Å². The van der Waals surface area contributed by atoms with E-state index in [0.717, 1.165) is 13.0 Å². The van der Waals surface area contributed by atoms with Crippen LogP contribution in [-0.4, -0.2) is 55.0 Å². The highest BCUT2D eigenvalue weighted by atomic mass is 16.5. The molecule has 0 atom stereocenters. The Balaban J connectivity index is 1.58. The Bertz CT molecular complexity index is 742. The number of carbonyl (C=O) groups is 2. The van der Waals surface area contributed by atoms with E-state index in [1.54, 1.807) is 18.1 Å². The highest BCUT2D eigenvalue weighted by Crippen LogP contribution is 2.19. The third-order valence-corrected chi connectivity index (χ3v) is 4.70. The first kappa shape index (κ1) is 18.2. The van der Waals surface area contributed by atoms with Crippen molar-refractivity contribution in [1.82, 2.24) is 9.80 Å². The molecule has 1 aliphatic rings. The van der Waals surface area contributed by atoms with Gasteiger partial charge in [0.25, 0.3) is 5.91 Å². The summed E-state index contributed by atoms with van der Waals surface area (Å²) in [5.41, 5.74) is 3.01. The smallest absolute Gasteiger partial charge is 0.257 e. The average Bonchev–Trinajstić information content (AvgIpc) is 3.22. The topological polar surface area (TPSA) is 63.0 Å². The van der Waals surface area contributed by atoms with Gasteiger partial charge in [0.1, 0.15) is 6.26 Å². The van der Waals surface area contributed by atoms with Crippen LogP contribution in [0.2, 0.25) is 0 Å². The van der Waals surface area contributed by atoms with E-state index in [2.05, 4.69) is 12.1 Å². The first-order valence-electron chi connectivity index (χ1n) is 8.84. The van der Waals surface area contributed by atoms with E-state index in [-0.39, 0.29) is 11.8 Å². The van der Waals surface area contributed by atoms with Gasteiger partial charge in [-0.05, 0) is 23.6 Å². The Morgan fingerprint density at radius 3 is 2.73 bits per heavy atom. The molecule has 0 bridgehead atoms. The van der Waals surface area contributed by atoms with Crippen molar-refractivity contribution in [3.8, 4) is 0 Å². The zero-order valence-corrected chi connectivity index (χ0v) is 15.0. The predicted octanol–water partition coefficient (Wildman–Crippen LogP) is 2.34. The molecule has 0 saturated heterocycles. The molecule has 0 N–H and O–H groups in total. The summed E-state index contributed by atoms with van der Waals surface area (Å²) < 4.78 is 10.1. The summed E-state index contributed by atoms with van der Waals surface area (Å²) in [4.78, 5) is 28.7. The van der Waals surface area contributed by atoms with Crippen molar-refractivity contribution >= 4 is 11.8 Å². The van der Waals surface area contributed by atoms with Crippen molar-refractivity contribution in [3.63, 3.8) is 0 Å². The molecule has 0 spiro atoms. The number of hydrogen-bond donors (Lipinski definition) is 0. The van der Waals surface area contributed by atoms with Crippen molar-refractivity contribution in [2.24, 2.45) is 0 Å². The minimum Gasteiger partial charge on any atom is -0.472 e. The molecule has 1 aromatic heterocycles. The number of methoxy groups -OCH3 is 1. The second-order valence-electron chi connectivity index (χ2n) is 6.38. The van der Waals surface area contributed by atoms with Gasteiger partial charge in [0.05, 0.1) is 18.4 Å². The molecule has 2 heterocycles. The lowest BCUT2D eigenvalue weighted by Gasteiger charge is -2.30. The molecule has 138 valence electrons. The van der Waals surface area contributed by atoms with E-state index < -0.39 is 0 Å². The number of hydrogen-bond acceptors (Lipinski definition) is 4. The lowest BCUT2D eigenvalue weighted by atomic mass is 10.00. The molecule has 0 aliphatic carbocycles. The number of benzene rings is 1. The quantitative estimate of drug-likeness (QED) is 0.764. The molecule has 0 radical (unpaired) electrons. The molecular weight excluding hydrogens is 332 g/mol. The summed E-state index contributed by atoms with van der Waals surface area (Å²) >= 11 is 0. The van der Waals surface area contributed by atoms with Crippen molar-refractivity contribution in [2.75, 3.05) is 33.4 Å². The first-order valence-corrected chi connectivity index (χ1v) is 8.84. The Kier molecular flexibility index (Phi) is 6.07. The standard InChI is InChI=1S/C20H24N2O4/c1-25-13-11-21(20(24)18-8-12-26-15-18)10-7-19(23)22-9-6-16-4-2-3-5-17(16)14-22/h2-5,8,12,15H,6-7,9-11,13-14H2,1H3. The van der Waals surface area contributed by atoms with E-state index >= 15 is 0 Å². The number of nitrogens with zero attached hydrogens (tertiary/aromatic N) is 2. The lowest BCUT2D eigenvalue weighted by Crippen LogP contribution is -2.40. The van der Waals surface area contributed by atoms with Gasteiger partial charge in [0, 0.05) is 39.7 Å². The molecule has 2 aromatic rings. The Hall–Kier alpha value is -2.60. The number of furan rings is 1. The largest absolute Gasteiger partial charge is 0.472 e. The van der Waals surface area contributed by atoms with Gasteiger partial charge in [0.15, 0.2) is 0 Å². The van der Waals surface area contributed by atoms with Gasteiger partial charge in [-0.1, -0.05) is 24.3 Å². The second kappa shape index (κ2) is 8.67. The normalized spacial score (nSPS) is 13.3. The fourth-order valence-corrected chi connectivity index (χ4v) is 3.18. The third-order valence-electron chi connectivity index (χ3n) is 4.70.